The molecule has 0 spiro atoms. The molecule has 0 radical (unpaired) electrons. The highest BCUT2D eigenvalue weighted by Crippen LogP contribution is 2.33. The molecule has 32 heavy (non-hydrogen) atoms. The van der Waals surface area contributed by atoms with Gasteiger partial charge in [0.15, 0.2) is 9.84 Å². The fourth-order valence-electron chi connectivity index (χ4n) is 4.52. The van der Waals surface area contributed by atoms with Gasteiger partial charge in [-0.2, -0.15) is 0 Å². The molecule has 0 atom stereocenters. The first-order valence-electron chi connectivity index (χ1n) is 12.0. The van der Waals surface area contributed by atoms with Gasteiger partial charge in [-0.25, -0.2) is 8.42 Å². The van der Waals surface area contributed by atoms with Crippen LogP contribution in [0, 0.1) is 5.92 Å². The number of amides is 2. The van der Waals surface area contributed by atoms with E-state index in [1.165, 1.54) is 0 Å². The second kappa shape index (κ2) is 10.4. The van der Waals surface area contributed by atoms with Gasteiger partial charge in [-0.1, -0.05) is 45.9 Å². The lowest BCUT2D eigenvalue weighted by Gasteiger charge is -2.32. The standard InChI is InChI=1S/C25H38N2O4S/c1-17(2)21-7-5-8-22(18(3)4)24(21)26-23(28)9-6-16-32(30,31)20-12-14-27(15-13-20)25(29)19-10-11-19/h5,7-8,17-20H,6,9-16H2,1-4H3,(H,26,28). The molecule has 1 saturated carbocycles. The average Bonchev–Trinajstić information content (AvgIpc) is 3.58. The van der Waals surface area contributed by atoms with Crippen LogP contribution in [0.4, 0.5) is 5.69 Å². The number of nitrogens with one attached hydrogen (secondary N) is 1. The zero-order valence-corrected chi connectivity index (χ0v) is 20.7. The summed E-state index contributed by atoms with van der Waals surface area (Å²) < 4.78 is 25.6. The Bertz CT molecular complexity index is 901. The molecule has 2 aliphatic rings. The summed E-state index contributed by atoms with van der Waals surface area (Å²) in [4.78, 5) is 26.7. The lowest BCUT2D eigenvalue weighted by molar-refractivity contribution is -0.133. The van der Waals surface area contributed by atoms with E-state index in [4.69, 9.17) is 0 Å². The van der Waals surface area contributed by atoms with Crippen molar-refractivity contribution in [2.24, 2.45) is 5.92 Å². The third kappa shape index (κ3) is 6.12. The number of hydrogen-bond donors (Lipinski definition) is 1. The monoisotopic (exact) mass is 462 g/mol. The summed E-state index contributed by atoms with van der Waals surface area (Å²) in [5.74, 6) is 0.813. The van der Waals surface area contributed by atoms with Crippen molar-refractivity contribution in [3.05, 3.63) is 29.3 Å². The fraction of sp³-hybridized carbons (Fsp3) is 0.680. The maximum absolute atomic E-state index is 12.8. The lowest BCUT2D eigenvalue weighted by atomic mass is 9.92. The number of anilines is 1. The SMILES string of the molecule is CC(C)c1cccc(C(C)C)c1NC(=O)CCCS(=O)(=O)C1CCN(C(=O)C2CC2)CC1. The van der Waals surface area contributed by atoms with Crippen LogP contribution in [-0.2, 0) is 19.4 Å². The summed E-state index contributed by atoms with van der Waals surface area (Å²) in [5.41, 5.74) is 3.08. The smallest absolute Gasteiger partial charge is 0.225 e. The van der Waals surface area contributed by atoms with E-state index in [9.17, 15) is 18.0 Å². The molecule has 0 unspecified atom stereocenters. The first-order chi connectivity index (χ1) is 15.1. The van der Waals surface area contributed by atoms with Crippen LogP contribution in [0.15, 0.2) is 18.2 Å². The van der Waals surface area contributed by atoms with Crippen molar-refractivity contribution in [2.75, 3.05) is 24.2 Å². The molecule has 1 aliphatic heterocycles. The van der Waals surface area contributed by atoms with Gasteiger partial charge in [-0.3, -0.25) is 9.59 Å². The third-order valence-corrected chi connectivity index (χ3v) is 9.00. The van der Waals surface area contributed by atoms with Gasteiger partial charge in [-0.05, 0) is 55.1 Å². The van der Waals surface area contributed by atoms with Gasteiger partial charge < -0.3 is 10.2 Å². The molecule has 2 fully saturated rings. The fourth-order valence-corrected chi connectivity index (χ4v) is 6.33. The minimum Gasteiger partial charge on any atom is -0.342 e. The molecular formula is C25H38N2O4S. The molecule has 0 aromatic heterocycles. The largest absolute Gasteiger partial charge is 0.342 e. The van der Waals surface area contributed by atoms with Crippen LogP contribution in [0.5, 0.6) is 0 Å². The highest BCUT2D eigenvalue weighted by atomic mass is 32.2. The number of likely N-dealkylation sites (tertiary alicyclic amines) is 1. The van der Waals surface area contributed by atoms with Gasteiger partial charge in [-0.15, -0.1) is 0 Å². The second-order valence-electron chi connectivity index (χ2n) is 9.94. The quantitative estimate of drug-likeness (QED) is 0.587. The normalized spacial score (nSPS) is 17.8. The van der Waals surface area contributed by atoms with Crippen LogP contribution in [-0.4, -0.2) is 49.2 Å². The van der Waals surface area contributed by atoms with Crippen LogP contribution in [0.1, 0.15) is 89.2 Å². The van der Waals surface area contributed by atoms with E-state index in [1.54, 1.807) is 0 Å². The predicted molar refractivity (Wildman–Crippen MR) is 129 cm³/mol. The number of para-hydroxylation sites is 1. The number of sulfone groups is 1. The van der Waals surface area contributed by atoms with Crippen molar-refractivity contribution < 1.29 is 18.0 Å². The van der Waals surface area contributed by atoms with Crippen molar-refractivity contribution in [3.8, 4) is 0 Å². The van der Waals surface area contributed by atoms with Gasteiger partial charge in [0, 0.05) is 31.1 Å². The van der Waals surface area contributed by atoms with Gasteiger partial charge in [0.25, 0.3) is 0 Å². The molecule has 1 heterocycles. The third-order valence-electron chi connectivity index (χ3n) is 6.66. The van der Waals surface area contributed by atoms with Gasteiger partial charge in [0.05, 0.1) is 11.0 Å². The number of nitrogens with zero attached hydrogens (tertiary/aromatic N) is 1. The number of carbonyl (C=O) groups is 2. The Kier molecular flexibility index (Phi) is 8.01. The van der Waals surface area contributed by atoms with Crippen molar-refractivity contribution in [3.63, 3.8) is 0 Å². The number of rotatable bonds is 9. The van der Waals surface area contributed by atoms with Crippen LogP contribution in [0.3, 0.4) is 0 Å². The van der Waals surface area contributed by atoms with Crippen molar-refractivity contribution in [1.29, 1.82) is 0 Å². The number of piperidine rings is 1. The Balaban J connectivity index is 1.51. The molecule has 1 saturated heterocycles. The van der Waals surface area contributed by atoms with E-state index in [2.05, 4.69) is 33.0 Å². The maximum Gasteiger partial charge on any atom is 0.225 e. The Hall–Kier alpha value is -1.89. The zero-order chi connectivity index (χ0) is 23.5. The number of carbonyl (C=O) groups excluding carboxylic acids is 2. The van der Waals surface area contributed by atoms with E-state index in [-0.39, 0.29) is 41.7 Å². The Morgan fingerprint density at radius 3 is 2.06 bits per heavy atom. The first kappa shape index (κ1) is 24.7. The second-order valence-corrected chi connectivity index (χ2v) is 12.3. The summed E-state index contributed by atoms with van der Waals surface area (Å²) in [6.07, 6.45) is 3.45. The molecule has 3 rings (SSSR count). The van der Waals surface area contributed by atoms with Gasteiger partial charge in [0.2, 0.25) is 11.8 Å². The topological polar surface area (TPSA) is 83.6 Å². The van der Waals surface area contributed by atoms with E-state index < -0.39 is 15.1 Å². The van der Waals surface area contributed by atoms with Gasteiger partial charge in [0.1, 0.15) is 0 Å². The molecule has 1 N–H and O–H groups in total. The van der Waals surface area contributed by atoms with E-state index in [1.807, 2.05) is 23.1 Å². The van der Waals surface area contributed by atoms with Crippen LogP contribution in [0.2, 0.25) is 0 Å². The summed E-state index contributed by atoms with van der Waals surface area (Å²) >= 11 is 0. The zero-order valence-electron chi connectivity index (χ0n) is 19.9. The summed E-state index contributed by atoms with van der Waals surface area (Å²) in [7, 11) is -3.27. The highest BCUT2D eigenvalue weighted by Gasteiger charge is 2.37. The molecule has 6 nitrogen and oxygen atoms in total. The molecule has 1 aliphatic carbocycles. The molecule has 1 aromatic rings. The Morgan fingerprint density at radius 1 is 1.00 bits per heavy atom. The maximum atomic E-state index is 12.8. The first-order valence-corrected chi connectivity index (χ1v) is 13.7. The minimum atomic E-state index is -3.27. The molecular weight excluding hydrogens is 424 g/mol. The average molecular weight is 463 g/mol. The van der Waals surface area contributed by atoms with E-state index in [0.29, 0.717) is 32.4 Å². The summed E-state index contributed by atoms with van der Waals surface area (Å²) in [6.45, 7) is 9.47. The summed E-state index contributed by atoms with van der Waals surface area (Å²) in [6, 6.07) is 6.10. The van der Waals surface area contributed by atoms with E-state index in [0.717, 1.165) is 29.7 Å². The predicted octanol–water partition coefficient (Wildman–Crippen LogP) is 4.47. The minimum absolute atomic E-state index is 0.0184. The lowest BCUT2D eigenvalue weighted by Crippen LogP contribution is -2.43. The Labute approximate surface area is 193 Å². The van der Waals surface area contributed by atoms with Crippen molar-refractivity contribution in [1.82, 2.24) is 4.90 Å². The number of hydrogen-bond acceptors (Lipinski definition) is 4. The van der Waals surface area contributed by atoms with Crippen molar-refractivity contribution in [2.45, 2.75) is 83.3 Å². The molecule has 7 heteroatoms. The molecule has 2 amide bonds. The summed E-state index contributed by atoms with van der Waals surface area (Å²) in [5, 5.41) is 2.66. The number of benzene rings is 1. The van der Waals surface area contributed by atoms with Crippen LogP contribution < -0.4 is 5.32 Å². The molecule has 1 aromatic carbocycles. The van der Waals surface area contributed by atoms with Crippen LogP contribution >= 0.6 is 0 Å². The van der Waals surface area contributed by atoms with Crippen molar-refractivity contribution >= 4 is 27.3 Å². The Morgan fingerprint density at radius 2 is 1.56 bits per heavy atom. The molecule has 178 valence electrons. The van der Waals surface area contributed by atoms with E-state index >= 15 is 0 Å². The highest BCUT2D eigenvalue weighted by molar-refractivity contribution is 7.92. The van der Waals surface area contributed by atoms with Gasteiger partial charge >= 0.3 is 0 Å². The van der Waals surface area contributed by atoms with Crippen LogP contribution in [0.25, 0.3) is 0 Å². The molecule has 0 bridgehead atoms.